The molecule has 0 aliphatic rings. The van der Waals surface area contributed by atoms with Gasteiger partial charge in [0.1, 0.15) is 22.4 Å². The number of rotatable bonds is 6. The highest BCUT2D eigenvalue weighted by Gasteiger charge is 2.25. The number of benzene rings is 1. The van der Waals surface area contributed by atoms with Gasteiger partial charge in [0.15, 0.2) is 0 Å². The van der Waals surface area contributed by atoms with E-state index in [2.05, 4.69) is 5.32 Å². The standard InChI is InChI=1S/C21H25ClN4O3S/c1-11-13(3)30-20-18(11)21(28)26(17(24-20)10-25(4)5)12(2)19(27)23-15-9-14(22)7-8-16(15)29-6/h7-9,12H,10H2,1-6H3,(H,23,27). The van der Waals surface area contributed by atoms with Crippen LogP contribution in [0.5, 0.6) is 5.75 Å². The summed E-state index contributed by atoms with van der Waals surface area (Å²) in [6.07, 6.45) is 0. The first-order chi connectivity index (χ1) is 14.1. The molecule has 1 aromatic carbocycles. The Balaban J connectivity index is 2.09. The zero-order valence-corrected chi connectivity index (χ0v) is 19.4. The van der Waals surface area contributed by atoms with Gasteiger partial charge in [-0.05, 0) is 58.6 Å². The number of aryl methyl sites for hydroxylation is 2. The van der Waals surface area contributed by atoms with Crippen molar-refractivity contribution in [3.05, 3.63) is 49.8 Å². The molecular formula is C21H25ClN4O3S. The van der Waals surface area contributed by atoms with Crippen molar-refractivity contribution in [3.63, 3.8) is 0 Å². The van der Waals surface area contributed by atoms with E-state index in [0.29, 0.717) is 39.0 Å². The van der Waals surface area contributed by atoms with E-state index < -0.39 is 6.04 Å². The number of aromatic nitrogens is 2. The third kappa shape index (κ3) is 4.21. The predicted molar refractivity (Wildman–Crippen MR) is 122 cm³/mol. The minimum atomic E-state index is -0.785. The van der Waals surface area contributed by atoms with Gasteiger partial charge >= 0.3 is 0 Å². The first kappa shape index (κ1) is 22.3. The number of anilines is 1. The fourth-order valence-corrected chi connectivity index (χ4v) is 4.49. The highest BCUT2D eigenvalue weighted by atomic mass is 35.5. The number of carbonyl (C=O) groups is 1. The highest BCUT2D eigenvalue weighted by Crippen LogP contribution is 2.30. The summed E-state index contributed by atoms with van der Waals surface area (Å²) in [5, 5.41) is 3.87. The van der Waals surface area contributed by atoms with Gasteiger partial charge in [-0.15, -0.1) is 11.3 Å². The van der Waals surface area contributed by atoms with Crippen molar-refractivity contribution in [2.75, 3.05) is 26.5 Å². The Bertz CT molecular complexity index is 1170. The second-order valence-electron chi connectivity index (χ2n) is 7.41. The molecule has 1 unspecified atom stereocenters. The van der Waals surface area contributed by atoms with Crippen LogP contribution >= 0.6 is 22.9 Å². The zero-order chi connectivity index (χ0) is 22.2. The molecule has 3 aromatic rings. The second kappa shape index (κ2) is 8.75. The number of fused-ring (bicyclic) bond motifs is 1. The van der Waals surface area contributed by atoms with Crippen molar-refractivity contribution in [2.45, 2.75) is 33.4 Å². The smallest absolute Gasteiger partial charge is 0.263 e. The van der Waals surface area contributed by atoms with Gasteiger partial charge in [0.2, 0.25) is 5.91 Å². The average Bonchev–Trinajstić information content (AvgIpc) is 2.95. The number of hydrogen-bond acceptors (Lipinski definition) is 6. The van der Waals surface area contributed by atoms with Crippen LogP contribution in [0.25, 0.3) is 10.2 Å². The van der Waals surface area contributed by atoms with Crippen LogP contribution in [-0.2, 0) is 11.3 Å². The minimum Gasteiger partial charge on any atom is -0.495 e. The molecule has 3 rings (SSSR count). The van der Waals surface area contributed by atoms with Crippen molar-refractivity contribution >= 4 is 44.7 Å². The Hall–Kier alpha value is -2.42. The van der Waals surface area contributed by atoms with Gasteiger partial charge in [-0.3, -0.25) is 14.2 Å². The van der Waals surface area contributed by atoms with Gasteiger partial charge in [0.25, 0.3) is 5.56 Å². The van der Waals surface area contributed by atoms with Crippen molar-refractivity contribution in [1.82, 2.24) is 14.5 Å². The Morgan fingerprint density at radius 3 is 2.70 bits per heavy atom. The van der Waals surface area contributed by atoms with E-state index in [1.165, 1.54) is 23.0 Å². The van der Waals surface area contributed by atoms with E-state index in [4.69, 9.17) is 21.3 Å². The summed E-state index contributed by atoms with van der Waals surface area (Å²) in [5.41, 5.74) is 1.14. The van der Waals surface area contributed by atoms with Crippen LogP contribution in [0.2, 0.25) is 5.02 Å². The quantitative estimate of drug-likeness (QED) is 0.616. The molecule has 0 saturated heterocycles. The molecule has 0 saturated carbocycles. The molecule has 30 heavy (non-hydrogen) atoms. The first-order valence-corrected chi connectivity index (χ1v) is 10.6. The van der Waals surface area contributed by atoms with E-state index in [1.54, 1.807) is 25.1 Å². The predicted octanol–water partition coefficient (Wildman–Crippen LogP) is 4.00. The van der Waals surface area contributed by atoms with Crippen LogP contribution in [-0.4, -0.2) is 41.6 Å². The molecule has 7 nitrogen and oxygen atoms in total. The van der Waals surface area contributed by atoms with Gasteiger partial charge in [-0.25, -0.2) is 4.98 Å². The highest BCUT2D eigenvalue weighted by molar-refractivity contribution is 7.18. The first-order valence-electron chi connectivity index (χ1n) is 9.44. The Morgan fingerprint density at radius 1 is 1.37 bits per heavy atom. The number of amides is 1. The molecule has 0 bridgehead atoms. The topological polar surface area (TPSA) is 76.5 Å². The normalized spacial score (nSPS) is 12.4. The van der Waals surface area contributed by atoms with Crippen molar-refractivity contribution in [2.24, 2.45) is 0 Å². The van der Waals surface area contributed by atoms with Crippen LogP contribution in [0.3, 0.4) is 0 Å². The van der Waals surface area contributed by atoms with Crippen LogP contribution < -0.4 is 15.6 Å². The summed E-state index contributed by atoms with van der Waals surface area (Å²) in [6.45, 7) is 6.00. The number of methoxy groups -OCH3 is 1. The van der Waals surface area contributed by atoms with E-state index in [1.807, 2.05) is 32.8 Å². The Labute approximate surface area is 184 Å². The molecule has 1 N–H and O–H groups in total. The van der Waals surface area contributed by atoms with Crippen LogP contribution in [0.15, 0.2) is 23.0 Å². The lowest BCUT2D eigenvalue weighted by Gasteiger charge is -2.21. The maximum Gasteiger partial charge on any atom is 0.263 e. The second-order valence-corrected chi connectivity index (χ2v) is 9.05. The lowest BCUT2D eigenvalue weighted by Crippen LogP contribution is -2.36. The Kier molecular flexibility index (Phi) is 6.50. The van der Waals surface area contributed by atoms with E-state index in [9.17, 15) is 9.59 Å². The summed E-state index contributed by atoms with van der Waals surface area (Å²) in [4.78, 5) is 34.9. The van der Waals surface area contributed by atoms with Gasteiger partial charge in [-0.1, -0.05) is 11.6 Å². The van der Waals surface area contributed by atoms with Crippen LogP contribution in [0.4, 0.5) is 5.69 Å². The summed E-state index contributed by atoms with van der Waals surface area (Å²) < 4.78 is 6.78. The third-order valence-electron chi connectivity index (χ3n) is 4.95. The molecule has 160 valence electrons. The third-order valence-corrected chi connectivity index (χ3v) is 6.29. The summed E-state index contributed by atoms with van der Waals surface area (Å²) >= 11 is 7.57. The molecule has 0 fully saturated rings. The Morgan fingerprint density at radius 2 is 2.07 bits per heavy atom. The number of nitrogens with one attached hydrogen (secondary N) is 1. The fourth-order valence-electron chi connectivity index (χ4n) is 3.27. The fraction of sp³-hybridized carbons (Fsp3) is 0.381. The molecule has 0 spiro atoms. The molecule has 0 aliphatic carbocycles. The van der Waals surface area contributed by atoms with E-state index in [-0.39, 0.29) is 11.5 Å². The lowest BCUT2D eigenvalue weighted by atomic mass is 10.2. The lowest BCUT2D eigenvalue weighted by molar-refractivity contribution is -0.119. The number of halogens is 1. The summed E-state index contributed by atoms with van der Waals surface area (Å²) in [6, 6.07) is 4.19. The van der Waals surface area contributed by atoms with Gasteiger partial charge in [0, 0.05) is 9.90 Å². The van der Waals surface area contributed by atoms with Gasteiger partial charge in [0.05, 0.1) is 24.7 Å². The van der Waals surface area contributed by atoms with E-state index >= 15 is 0 Å². The number of ether oxygens (including phenoxy) is 1. The monoisotopic (exact) mass is 448 g/mol. The number of hydrogen-bond donors (Lipinski definition) is 1. The number of thiophene rings is 1. The largest absolute Gasteiger partial charge is 0.495 e. The maximum absolute atomic E-state index is 13.4. The molecule has 2 heterocycles. The van der Waals surface area contributed by atoms with Crippen LogP contribution in [0.1, 0.15) is 29.2 Å². The molecule has 1 atom stereocenters. The molecule has 2 aromatic heterocycles. The SMILES string of the molecule is COc1ccc(Cl)cc1NC(=O)C(C)n1c(CN(C)C)nc2sc(C)c(C)c2c1=O. The minimum absolute atomic E-state index is 0.209. The summed E-state index contributed by atoms with van der Waals surface area (Å²) in [5.74, 6) is 0.668. The van der Waals surface area contributed by atoms with Gasteiger partial charge in [-0.2, -0.15) is 0 Å². The van der Waals surface area contributed by atoms with Crippen molar-refractivity contribution in [3.8, 4) is 5.75 Å². The molecular weight excluding hydrogens is 424 g/mol. The zero-order valence-electron chi connectivity index (χ0n) is 17.9. The van der Waals surface area contributed by atoms with E-state index in [0.717, 1.165) is 10.4 Å². The molecule has 0 aliphatic heterocycles. The van der Waals surface area contributed by atoms with Crippen molar-refractivity contribution in [1.29, 1.82) is 0 Å². The molecule has 9 heteroatoms. The van der Waals surface area contributed by atoms with Crippen LogP contribution in [0, 0.1) is 13.8 Å². The summed E-state index contributed by atoms with van der Waals surface area (Å²) in [7, 11) is 5.31. The number of nitrogens with zero attached hydrogens (tertiary/aromatic N) is 3. The number of carbonyl (C=O) groups excluding carboxylic acids is 1. The molecule has 0 radical (unpaired) electrons. The average molecular weight is 449 g/mol. The van der Waals surface area contributed by atoms with Gasteiger partial charge < -0.3 is 15.0 Å². The van der Waals surface area contributed by atoms with Crippen molar-refractivity contribution < 1.29 is 9.53 Å². The maximum atomic E-state index is 13.4. The molecule has 1 amide bonds.